The van der Waals surface area contributed by atoms with E-state index in [1.807, 2.05) is 31.1 Å². The van der Waals surface area contributed by atoms with Gasteiger partial charge < -0.3 is 4.90 Å². The maximum absolute atomic E-state index is 13.2. The average molecular weight is 356 g/mol. The van der Waals surface area contributed by atoms with Crippen LogP contribution in [0.1, 0.15) is 62.1 Å². The van der Waals surface area contributed by atoms with Crippen molar-refractivity contribution in [2.24, 2.45) is 18.4 Å². The van der Waals surface area contributed by atoms with E-state index in [2.05, 4.69) is 29.3 Å². The number of aryl methyl sites for hydroxylation is 1. The lowest BCUT2D eigenvalue weighted by Crippen LogP contribution is -2.68. The van der Waals surface area contributed by atoms with Gasteiger partial charge in [0.2, 0.25) is 0 Å². The summed E-state index contributed by atoms with van der Waals surface area (Å²) in [5.41, 5.74) is 1.53. The smallest absolute Gasteiger partial charge is 0.276 e. The molecule has 2 aromatic rings. The molecule has 140 valence electrons. The fraction of sp³-hybridized carbons (Fsp3) is 0.684. The zero-order valence-corrected chi connectivity index (χ0v) is 16.1. The summed E-state index contributed by atoms with van der Waals surface area (Å²) in [6.07, 6.45) is 8.27. The van der Waals surface area contributed by atoms with Crippen LogP contribution in [0, 0.1) is 18.3 Å². The van der Waals surface area contributed by atoms with Gasteiger partial charge in [-0.25, -0.2) is 0 Å². The fourth-order valence-corrected chi connectivity index (χ4v) is 5.12. The van der Waals surface area contributed by atoms with E-state index in [9.17, 15) is 4.79 Å². The molecule has 1 amide bonds. The van der Waals surface area contributed by atoms with E-state index in [0.717, 1.165) is 12.2 Å². The van der Waals surface area contributed by atoms with Crippen LogP contribution < -0.4 is 0 Å². The Hall–Kier alpha value is -2.18. The van der Waals surface area contributed by atoms with Gasteiger partial charge in [0, 0.05) is 37.3 Å². The minimum atomic E-state index is 0.0135. The first-order valence-electron chi connectivity index (χ1n) is 9.66. The van der Waals surface area contributed by atoms with Gasteiger partial charge in [-0.15, -0.1) is 5.10 Å². The highest BCUT2D eigenvalue weighted by Crippen LogP contribution is 2.51. The number of likely N-dealkylation sites (tertiary alicyclic amines) is 1. The molecule has 0 aromatic carbocycles. The summed E-state index contributed by atoms with van der Waals surface area (Å²) < 4.78 is 3.36. The number of nitrogens with zero attached hydrogens (tertiary/aromatic N) is 6. The van der Waals surface area contributed by atoms with Crippen molar-refractivity contribution < 1.29 is 4.79 Å². The summed E-state index contributed by atoms with van der Waals surface area (Å²) in [6.45, 7) is 7.23. The van der Waals surface area contributed by atoms with E-state index in [1.54, 1.807) is 9.36 Å². The Labute approximate surface area is 154 Å². The van der Waals surface area contributed by atoms with Crippen molar-refractivity contribution in [1.29, 1.82) is 0 Å². The van der Waals surface area contributed by atoms with E-state index >= 15 is 0 Å². The molecule has 1 aliphatic heterocycles. The SMILES string of the molecule is Cc1c(C(=O)N2CC3(CCCCC3)C2C(C)C)nnn1-c1ccn(C)n1. The number of carbonyl (C=O) groups excluding carboxylic acids is 1. The van der Waals surface area contributed by atoms with Crippen molar-refractivity contribution in [3.8, 4) is 5.82 Å². The van der Waals surface area contributed by atoms with Crippen molar-refractivity contribution >= 4 is 5.91 Å². The van der Waals surface area contributed by atoms with Crippen molar-refractivity contribution in [2.75, 3.05) is 6.54 Å². The Bertz CT molecular complexity index is 814. The second-order valence-electron chi connectivity index (χ2n) is 8.33. The van der Waals surface area contributed by atoms with Gasteiger partial charge in [0.1, 0.15) is 0 Å². The Morgan fingerprint density at radius 1 is 1.27 bits per heavy atom. The van der Waals surface area contributed by atoms with Gasteiger partial charge in [0.25, 0.3) is 5.91 Å². The number of aromatic nitrogens is 5. The van der Waals surface area contributed by atoms with Crippen LogP contribution in [0.2, 0.25) is 0 Å². The number of carbonyl (C=O) groups is 1. The number of hydrogen-bond donors (Lipinski definition) is 0. The summed E-state index contributed by atoms with van der Waals surface area (Å²) in [5.74, 6) is 1.15. The first-order valence-corrected chi connectivity index (χ1v) is 9.66. The first-order chi connectivity index (χ1) is 12.4. The number of amides is 1. The topological polar surface area (TPSA) is 68.8 Å². The molecular formula is C19H28N6O. The summed E-state index contributed by atoms with van der Waals surface area (Å²) in [5, 5.41) is 12.7. The van der Waals surface area contributed by atoms with Crippen LogP contribution in [-0.4, -0.2) is 48.2 Å². The molecule has 7 heteroatoms. The number of hydrogen-bond acceptors (Lipinski definition) is 4. The lowest BCUT2D eigenvalue weighted by atomic mass is 9.59. The first kappa shape index (κ1) is 17.2. The maximum Gasteiger partial charge on any atom is 0.276 e. The maximum atomic E-state index is 13.2. The highest BCUT2D eigenvalue weighted by atomic mass is 16.2. The third kappa shape index (κ3) is 2.56. The fourth-order valence-electron chi connectivity index (χ4n) is 5.12. The molecule has 1 aliphatic carbocycles. The quantitative estimate of drug-likeness (QED) is 0.848. The molecule has 0 bridgehead atoms. The van der Waals surface area contributed by atoms with Gasteiger partial charge in [0.05, 0.1) is 5.69 Å². The van der Waals surface area contributed by atoms with E-state index in [-0.39, 0.29) is 5.91 Å². The van der Waals surface area contributed by atoms with Crippen LogP contribution in [0.4, 0.5) is 0 Å². The lowest BCUT2D eigenvalue weighted by Gasteiger charge is -2.61. The van der Waals surface area contributed by atoms with Gasteiger partial charge in [-0.1, -0.05) is 38.3 Å². The molecule has 1 unspecified atom stereocenters. The largest absolute Gasteiger partial charge is 0.333 e. The van der Waals surface area contributed by atoms with Crippen molar-refractivity contribution in [1.82, 2.24) is 29.7 Å². The second-order valence-corrected chi connectivity index (χ2v) is 8.33. The van der Waals surface area contributed by atoms with Gasteiger partial charge in [-0.05, 0) is 25.7 Å². The molecule has 0 radical (unpaired) electrons. The summed E-state index contributed by atoms with van der Waals surface area (Å²) in [6, 6.07) is 2.18. The Morgan fingerprint density at radius 3 is 2.62 bits per heavy atom. The van der Waals surface area contributed by atoms with E-state index in [1.165, 1.54) is 32.1 Å². The molecule has 2 fully saturated rings. The third-order valence-electron chi connectivity index (χ3n) is 6.20. The van der Waals surface area contributed by atoms with Crippen LogP contribution in [0.3, 0.4) is 0 Å². The zero-order chi connectivity index (χ0) is 18.5. The molecule has 2 aromatic heterocycles. The highest BCUT2D eigenvalue weighted by Gasteiger charge is 2.55. The second kappa shape index (κ2) is 6.21. The monoisotopic (exact) mass is 356 g/mol. The Kier molecular flexibility index (Phi) is 4.12. The van der Waals surface area contributed by atoms with Gasteiger partial charge >= 0.3 is 0 Å². The summed E-state index contributed by atoms with van der Waals surface area (Å²) in [7, 11) is 1.86. The molecule has 3 heterocycles. The van der Waals surface area contributed by atoms with Crippen LogP contribution in [0.15, 0.2) is 12.3 Å². The molecule has 26 heavy (non-hydrogen) atoms. The summed E-state index contributed by atoms with van der Waals surface area (Å²) >= 11 is 0. The van der Waals surface area contributed by atoms with Crippen LogP contribution in [-0.2, 0) is 7.05 Å². The molecule has 4 rings (SSSR count). The lowest BCUT2D eigenvalue weighted by molar-refractivity contribution is -0.0945. The summed E-state index contributed by atoms with van der Waals surface area (Å²) in [4.78, 5) is 15.3. The van der Waals surface area contributed by atoms with Gasteiger partial charge in [-0.3, -0.25) is 9.48 Å². The molecule has 2 aliphatic rings. The normalized spacial score (nSPS) is 22.0. The number of rotatable bonds is 3. The minimum absolute atomic E-state index is 0.0135. The molecule has 1 saturated carbocycles. The molecule has 7 nitrogen and oxygen atoms in total. The van der Waals surface area contributed by atoms with Crippen LogP contribution >= 0.6 is 0 Å². The standard InChI is InChI=1S/C19H28N6O/c1-13(2)17-19(9-6-5-7-10-19)12-24(17)18(26)16-14(3)25(22-20-16)15-8-11-23(4)21-15/h8,11,13,17H,5-7,9-10,12H2,1-4H3. The molecule has 1 saturated heterocycles. The molecule has 0 N–H and O–H groups in total. The van der Waals surface area contributed by atoms with Crippen LogP contribution in [0.5, 0.6) is 0 Å². The van der Waals surface area contributed by atoms with E-state index < -0.39 is 0 Å². The molecular weight excluding hydrogens is 328 g/mol. The zero-order valence-electron chi connectivity index (χ0n) is 16.1. The van der Waals surface area contributed by atoms with E-state index in [0.29, 0.717) is 28.9 Å². The highest BCUT2D eigenvalue weighted by molar-refractivity contribution is 5.94. The van der Waals surface area contributed by atoms with Gasteiger partial charge in [-0.2, -0.15) is 9.78 Å². The predicted molar refractivity (Wildman–Crippen MR) is 98.0 cm³/mol. The van der Waals surface area contributed by atoms with Crippen molar-refractivity contribution in [2.45, 2.75) is 58.9 Å². The molecule has 1 spiro atoms. The Balaban J connectivity index is 1.59. The predicted octanol–water partition coefficient (Wildman–Crippen LogP) is 2.74. The third-order valence-corrected chi connectivity index (χ3v) is 6.20. The van der Waals surface area contributed by atoms with Crippen LogP contribution in [0.25, 0.3) is 5.82 Å². The molecule has 1 atom stereocenters. The van der Waals surface area contributed by atoms with Crippen molar-refractivity contribution in [3.05, 3.63) is 23.7 Å². The van der Waals surface area contributed by atoms with E-state index in [4.69, 9.17) is 0 Å². The Morgan fingerprint density at radius 2 is 2.00 bits per heavy atom. The van der Waals surface area contributed by atoms with Crippen molar-refractivity contribution in [3.63, 3.8) is 0 Å². The minimum Gasteiger partial charge on any atom is -0.333 e. The van der Waals surface area contributed by atoms with Gasteiger partial charge in [0.15, 0.2) is 11.5 Å². The average Bonchev–Trinajstić information content (AvgIpc) is 3.18.